The molecule has 0 bridgehead atoms. The minimum atomic E-state index is -1.05. The second kappa shape index (κ2) is 5.75. The van der Waals surface area contributed by atoms with Crippen LogP contribution in [0.1, 0.15) is 36.0 Å². The van der Waals surface area contributed by atoms with Crippen molar-refractivity contribution in [3.05, 3.63) is 22.8 Å². The number of rotatable bonds is 3. The lowest BCUT2D eigenvalue weighted by Gasteiger charge is -2.36. The molecule has 0 radical (unpaired) electrons. The standard InChI is InChI=1S/C13H17ClN2O3/c1-16(10-4-2-3-5-11(10)17)12-9(14)6-8(7-15-12)13(18)19/h6-7,10-11,17H,2-5H2,1H3,(H,18,19). The number of aromatic nitrogens is 1. The molecule has 19 heavy (non-hydrogen) atoms. The number of nitrogens with zero attached hydrogens (tertiary/aromatic N) is 2. The lowest BCUT2D eigenvalue weighted by molar-refractivity contribution is 0.0696. The summed E-state index contributed by atoms with van der Waals surface area (Å²) in [7, 11) is 1.83. The number of hydrogen-bond acceptors (Lipinski definition) is 4. The summed E-state index contributed by atoms with van der Waals surface area (Å²) in [5.41, 5.74) is 0.0614. The molecule has 6 heteroatoms. The average Bonchev–Trinajstić information content (AvgIpc) is 2.38. The smallest absolute Gasteiger partial charge is 0.337 e. The molecule has 1 saturated carbocycles. The van der Waals surface area contributed by atoms with E-state index in [-0.39, 0.29) is 11.6 Å². The molecule has 104 valence electrons. The van der Waals surface area contributed by atoms with Crippen LogP contribution in [0.4, 0.5) is 5.82 Å². The summed E-state index contributed by atoms with van der Waals surface area (Å²) >= 11 is 6.09. The normalized spacial score (nSPS) is 23.1. The van der Waals surface area contributed by atoms with E-state index in [2.05, 4.69) is 4.98 Å². The maximum atomic E-state index is 10.8. The van der Waals surface area contributed by atoms with Crippen LogP contribution in [0, 0.1) is 0 Å². The SMILES string of the molecule is CN(c1ncc(C(=O)O)cc1Cl)C1CCCCC1O. The first-order chi connectivity index (χ1) is 9.00. The second-order valence-corrected chi connectivity index (χ2v) is 5.27. The molecule has 0 aliphatic heterocycles. The highest BCUT2D eigenvalue weighted by molar-refractivity contribution is 6.33. The van der Waals surface area contributed by atoms with E-state index in [0.29, 0.717) is 10.8 Å². The fraction of sp³-hybridized carbons (Fsp3) is 0.538. The van der Waals surface area contributed by atoms with Gasteiger partial charge in [0.05, 0.1) is 22.7 Å². The zero-order valence-electron chi connectivity index (χ0n) is 10.7. The molecule has 2 N–H and O–H groups in total. The van der Waals surface area contributed by atoms with Crippen molar-refractivity contribution in [2.75, 3.05) is 11.9 Å². The van der Waals surface area contributed by atoms with E-state index in [0.717, 1.165) is 25.7 Å². The van der Waals surface area contributed by atoms with Crippen LogP contribution in [-0.2, 0) is 0 Å². The molecule has 5 nitrogen and oxygen atoms in total. The molecule has 1 heterocycles. The Labute approximate surface area is 116 Å². The number of aliphatic hydroxyl groups excluding tert-OH is 1. The van der Waals surface area contributed by atoms with Crippen molar-refractivity contribution >= 4 is 23.4 Å². The third-order valence-corrected chi connectivity index (χ3v) is 3.87. The Morgan fingerprint density at radius 1 is 1.47 bits per heavy atom. The molecule has 1 fully saturated rings. The Kier molecular flexibility index (Phi) is 4.27. The summed E-state index contributed by atoms with van der Waals surface area (Å²) in [6.45, 7) is 0. The number of aliphatic hydroxyl groups is 1. The molecule has 1 aliphatic carbocycles. The third-order valence-electron chi connectivity index (χ3n) is 3.59. The van der Waals surface area contributed by atoms with Gasteiger partial charge in [-0.1, -0.05) is 24.4 Å². The fourth-order valence-corrected chi connectivity index (χ4v) is 2.81. The van der Waals surface area contributed by atoms with Crippen molar-refractivity contribution in [3.8, 4) is 0 Å². The van der Waals surface area contributed by atoms with E-state index in [1.807, 2.05) is 11.9 Å². The van der Waals surface area contributed by atoms with E-state index >= 15 is 0 Å². The fourth-order valence-electron chi connectivity index (χ4n) is 2.51. The van der Waals surface area contributed by atoms with Gasteiger partial charge in [-0.15, -0.1) is 0 Å². The number of carbonyl (C=O) groups is 1. The highest BCUT2D eigenvalue weighted by Gasteiger charge is 2.28. The largest absolute Gasteiger partial charge is 0.478 e. The van der Waals surface area contributed by atoms with E-state index in [4.69, 9.17) is 16.7 Å². The monoisotopic (exact) mass is 284 g/mol. The summed E-state index contributed by atoms with van der Waals surface area (Å²) in [6, 6.07) is 1.37. The minimum Gasteiger partial charge on any atom is -0.478 e. The molecule has 2 unspecified atom stereocenters. The molecule has 2 rings (SSSR count). The molecule has 0 spiro atoms. The Hall–Kier alpha value is -1.33. The summed E-state index contributed by atoms with van der Waals surface area (Å²) < 4.78 is 0. The van der Waals surface area contributed by atoms with Gasteiger partial charge < -0.3 is 15.1 Å². The average molecular weight is 285 g/mol. The quantitative estimate of drug-likeness (QED) is 0.890. The van der Waals surface area contributed by atoms with Crippen LogP contribution in [0.25, 0.3) is 0 Å². The molecule has 0 aromatic carbocycles. The molecule has 1 aliphatic rings. The van der Waals surface area contributed by atoms with Gasteiger partial charge in [0.1, 0.15) is 5.82 Å². The van der Waals surface area contributed by atoms with Gasteiger partial charge in [-0.25, -0.2) is 9.78 Å². The van der Waals surface area contributed by atoms with Gasteiger partial charge in [0, 0.05) is 13.2 Å². The van der Waals surface area contributed by atoms with Gasteiger partial charge in [-0.3, -0.25) is 0 Å². The molecular weight excluding hydrogens is 268 g/mol. The minimum absolute atomic E-state index is 0.0190. The number of aromatic carboxylic acids is 1. The summed E-state index contributed by atoms with van der Waals surface area (Å²) in [5.74, 6) is -0.543. The van der Waals surface area contributed by atoms with Crippen molar-refractivity contribution in [2.45, 2.75) is 37.8 Å². The molecule has 1 aromatic heterocycles. The molecule has 0 amide bonds. The highest BCUT2D eigenvalue weighted by Crippen LogP contribution is 2.30. The molecule has 0 saturated heterocycles. The van der Waals surface area contributed by atoms with Crippen LogP contribution >= 0.6 is 11.6 Å². The number of carboxylic acid groups (broad SMARTS) is 1. The Morgan fingerprint density at radius 3 is 2.74 bits per heavy atom. The Morgan fingerprint density at radius 2 is 2.16 bits per heavy atom. The van der Waals surface area contributed by atoms with Crippen molar-refractivity contribution in [1.82, 2.24) is 4.98 Å². The lowest BCUT2D eigenvalue weighted by atomic mass is 9.91. The van der Waals surface area contributed by atoms with Crippen LogP contribution in [0.15, 0.2) is 12.3 Å². The highest BCUT2D eigenvalue weighted by atomic mass is 35.5. The number of carboxylic acids is 1. The number of likely N-dealkylation sites (N-methyl/N-ethyl adjacent to an activating group) is 1. The van der Waals surface area contributed by atoms with Gasteiger partial charge in [-0.2, -0.15) is 0 Å². The van der Waals surface area contributed by atoms with Crippen molar-refractivity contribution in [1.29, 1.82) is 0 Å². The molecule has 2 atom stereocenters. The number of hydrogen-bond donors (Lipinski definition) is 2. The first-order valence-electron chi connectivity index (χ1n) is 6.30. The van der Waals surface area contributed by atoms with E-state index in [9.17, 15) is 9.90 Å². The Balaban J connectivity index is 2.23. The number of halogens is 1. The van der Waals surface area contributed by atoms with Gasteiger partial charge >= 0.3 is 5.97 Å². The topological polar surface area (TPSA) is 73.7 Å². The van der Waals surface area contributed by atoms with Gasteiger partial charge in [0.15, 0.2) is 0 Å². The van der Waals surface area contributed by atoms with Crippen molar-refractivity contribution in [2.24, 2.45) is 0 Å². The van der Waals surface area contributed by atoms with Crippen LogP contribution in [0.3, 0.4) is 0 Å². The van der Waals surface area contributed by atoms with Crippen molar-refractivity contribution in [3.63, 3.8) is 0 Å². The van der Waals surface area contributed by atoms with Gasteiger partial charge in [0.25, 0.3) is 0 Å². The number of anilines is 1. The van der Waals surface area contributed by atoms with Crippen LogP contribution in [-0.4, -0.2) is 40.4 Å². The van der Waals surface area contributed by atoms with Crippen molar-refractivity contribution < 1.29 is 15.0 Å². The van der Waals surface area contributed by atoms with Gasteiger partial charge in [0.2, 0.25) is 0 Å². The third kappa shape index (κ3) is 2.98. The van der Waals surface area contributed by atoms with Crippen LogP contribution < -0.4 is 4.90 Å². The first-order valence-corrected chi connectivity index (χ1v) is 6.68. The zero-order chi connectivity index (χ0) is 14.0. The van der Waals surface area contributed by atoms with E-state index in [1.54, 1.807) is 0 Å². The zero-order valence-corrected chi connectivity index (χ0v) is 11.5. The number of pyridine rings is 1. The summed E-state index contributed by atoms with van der Waals surface area (Å²) in [5, 5.41) is 19.2. The predicted molar refractivity (Wildman–Crippen MR) is 72.9 cm³/mol. The first kappa shape index (κ1) is 14.1. The van der Waals surface area contributed by atoms with E-state index in [1.165, 1.54) is 12.3 Å². The second-order valence-electron chi connectivity index (χ2n) is 4.86. The van der Waals surface area contributed by atoms with Crippen LogP contribution in [0.5, 0.6) is 0 Å². The van der Waals surface area contributed by atoms with Crippen LogP contribution in [0.2, 0.25) is 5.02 Å². The molecule has 1 aromatic rings. The summed E-state index contributed by atoms with van der Waals surface area (Å²) in [4.78, 5) is 16.8. The lowest BCUT2D eigenvalue weighted by Crippen LogP contribution is -2.44. The predicted octanol–water partition coefficient (Wildman–Crippen LogP) is 2.17. The maximum absolute atomic E-state index is 10.8. The summed E-state index contributed by atoms with van der Waals surface area (Å²) in [6.07, 6.45) is 4.66. The maximum Gasteiger partial charge on any atom is 0.337 e. The van der Waals surface area contributed by atoms with E-state index < -0.39 is 12.1 Å². The van der Waals surface area contributed by atoms with Gasteiger partial charge in [-0.05, 0) is 18.9 Å². The molecular formula is C13H17ClN2O3. The Bertz CT molecular complexity index is 481.